The van der Waals surface area contributed by atoms with E-state index in [4.69, 9.17) is 12.2 Å². The average Bonchev–Trinajstić information content (AvgIpc) is 2.93. The van der Waals surface area contributed by atoms with Crippen LogP contribution in [0.3, 0.4) is 0 Å². The zero-order chi connectivity index (χ0) is 29.2. The van der Waals surface area contributed by atoms with Crippen LogP contribution in [0.25, 0.3) is 22.3 Å². The minimum absolute atomic E-state index is 0.0239. The fourth-order valence-electron chi connectivity index (χ4n) is 3.82. The maximum absolute atomic E-state index is 13.5. The standard InChI is InChI=1S/C27H17F6N7S/c28-26(29,30)17-14-21(27(31,32)33)36-24-16(17)10-12-22(37-24)34-19-8-4-5-9-20(19)35-25(41)38-23-13-11-18(39-40-23)15-6-2-1-3-7-15/h1-14H,(H,34,36,37)(H2,35,38,40,41). The maximum atomic E-state index is 13.5. The smallest absolute Gasteiger partial charge is 0.338 e. The van der Waals surface area contributed by atoms with E-state index < -0.39 is 34.6 Å². The predicted molar refractivity (Wildman–Crippen MR) is 147 cm³/mol. The van der Waals surface area contributed by atoms with Gasteiger partial charge in [-0.1, -0.05) is 42.5 Å². The number of aromatic nitrogens is 4. The second-order valence-corrected chi connectivity index (χ2v) is 8.95. The number of para-hydroxylation sites is 2. The Morgan fingerprint density at radius 3 is 2.00 bits per heavy atom. The summed E-state index contributed by atoms with van der Waals surface area (Å²) in [5, 5.41) is 16.7. The lowest BCUT2D eigenvalue weighted by atomic mass is 10.1. The van der Waals surface area contributed by atoms with Crippen LogP contribution >= 0.6 is 12.2 Å². The summed E-state index contributed by atoms with van der Waals surface area (Å²) in [5.74, 6) is 0.337. The Morgan fingerprint density at radius 2 is 1.34 bits per heavy atom. The minimum Gasteiger partial charge on any atom is -0.338 e. The van der Waals surface area contributed by atoms with Crippen LogP contribution in [0.1, 0.15) is 11.3 Å². The summed E-state index contributed by atoms with van der Waals surface area (Å²) in [6.07, 6.45) is -10.1. The Labute approximate surface area is 233 Å². The second-order valence-electron chi connectivity index (χ2n) is 8.54. The van der Waals surface area contributed by atoms with Gasteiger partial charge in [0.05, 0.1) is 22.6 Å². The van der Waals surface area contributed by atoms with E-state index in [1.807, 2.05) is 30.3 Å². The number of rotatable bonds is 5. The number of nitrogens with zero attached hydrogens (tertiary/aromatic N) is 4. The molecule has 0 saturated carbocycles. The van der Waals surface area contributed by atoms with Crippen LogP contribution in [0.2, 0.25) is 0 Å². The molecule has 0 radical (unpaired) electrons. The number of fused-ring (bicyclic) bond motifs is 1. The molecule has 7 nitrogen and oxygen atoms in total. The van der Waals surface area contributed by atoms with Crippen molar-refractivity contribution >= 4 is 51.4 Å². The summed E-state index contributed by atoms with van der Waals surface area (Å²) >= 11 is 5.37. The summed E-state index contributed by atoms with van der Waals surface area (Å²) in [5.41, 5.74) is -1.49. The molecule has 2 aromatic carbocycles. The Balaban J connectivity index is 1.35. The third-order valence-electron chi connectivity index (χ3n) is 5.68. The lowest BCUT2D eigenvalue weighted by molar-refractivity contribution is -0.144. The number of hydrogen-bond donors (Lipinski definition) is 3. The first-order valence-electron chi connectivity index (χ1n) is 11.8. The van der Waals surface area contributed by atoms with Crippen molar-refractivity contribution < 1.29 is 26.3 Å². The van der Waals surface area contributed by atoms with E-state index >= 15 is 0 Å². The average molecular weight is 586 g/mol. The van der Waals surface area contributed by atoms with Gasteiger partial charge in [0, 0.05) is 10.9 Å². The van der Waals surface area contributed by atoms with Crippen LogP contribution in [-0.4, -0.2) is 25.3 Å². The highest BCUT2D eigenvalue weighted by Gasteiger charge is 2.39. The molecule has 0 aliphatic heterocycles. The quantitative estimate of drug-likeness (QED) is 0.143. The first-order chi connectivity index (χ1) is 19.5. The summed E-state index contributed by atoms with van der Waals surface area (Å²) in [4.78, 5) is 7.25. The van der Waals surface area contributed by atoms with E-state index in [0.717, 1.165) is 11.6 Å². The SMILES string of the molecule is FC(F)(F)c1cc(C(F)(F)F)c2ccc(Nc3ccccc3NC(=S)Nc3ccc(-c4ccccc4)nn3)nc2n1. The lowest BCUT2D eigenvalue weighted by Crippen LogP contribution is -2.20. The van der Waals surface area contributed by atoms with E-state index in [9.17, 15) is 26.3 Å². The molecule has 0 amide bonds. The molecule has 5 aromatic rings. The minimum atomic E-state index is -5.09. The molecule has 0 fully saturated rings. The number of pyridine rings is 2. The highest BCUT2D eigenvalue weighted by atomic mass is 32.1. The summed E-state index contributed by atoms with van der Waals surface area (Å²) in [6, 6.07) is 21.8. The topological polar surface area (TPSA) is 87.6 Å². The van der Waals surface area contributed by atoms with E-state index in [2.05, 4.69) is 36.1 Å². The normalized spacial score (nSPS) is 11.8. The molecule has 0 aliphatic rings. The Kier molecular flexibility index (Phi) is 7.41. The molecule has 5 rings (SSSR count). The van der Waals surface area contributed by atoms with Gasteiger partial charge in [0.25, 0.3) is 0 Å². The van der Waals surface area contributed by atoms with Gasteiger partial charge in [-0.2, -0.15) is 26.3 Å². The number of halogens is 6. The highest BCUT2D eigenvalue weighted by Crippen LogP contribution is 2.38. The first kappa shape index (κ1) is 27.7. The number of benzene rings is 2. The van der Waals surface area contributed by atoms with Crippen molar-refractivity contribution in [1.82, 2.24) is 20.2 Å². The van der Waals surface area contributed by atoms with Crippen molar-refractivity contribution in [2.45, 2.75) is 12.4 Å². The van der Waals surface area contributed by atoms with Gasteiger partial charge in [-0.3, -0.25) is 0 Å². The van der Waals surface area contributed by atoms with Gasteiger partial charge in [-0.15, -0.1) is 10.2 Å². The number of anilines is 4. The van der Waals surface area contributed by atoms with Crippen molar-refractivity contribution in [1.29, 1.82) is 0 Å². The molecule has 41 heavy (non-hydrogen) atoms. The van der Waals surface area contributed by atoms with Gasteiger partial charge in [0.1, 0.15) is 11.5 Å². The molecule has 208 valence electrons. The third-order valence-corrected chi connectivity index (χ3v) is 5.89. The second kappa shape index (κ2) is 11.0. The van der Waals surface area contributed by atoms with Gasteiger partial charge in [-0.05, 0) is 54.7 Å². The Bertz CT molecular complexity index is 1710. The monoisotopic (exact) mass is 585 g/mol. The molecular formula is C27H17F6N7S. The van der Waals surface area contributed by atoms with Crippen LogP contribution in [0.4, 0.5) is 49.4 Å². The summed E-state index contributed by atoms with van der Waals surface area (Å²) < 4.78 is 80.2. The van der Waals surface area contributed by atoms with Crippen molar-refractivity contribution in [3.05, 3.63) is 96.2 Å². The molecule has 14 heteroatoms. The largest absolute Gasteiger partial charge is 0.433 e. The van der Waals surface area contributed by atoms with Crippen LogP contribution in [0.5, 0.6) is 0 Å². The van der Waals surface area contributed by atoms with E-state index in [1.54, 1.807) is 36.4 Å². The molecule has 0 spiro atoms. The molecule has 3 heterocycles. The zero-order valence-corrected chi connectivity index (χ0v) is 21.4. The third kappa shape index (κ3) is 6.49. The predicted octanol–water partition coefficient (Wildman–Crippen LogP) is 7.68. The summed E-state index contributed by atoms with van der Waals surface area (Å²) in [6.45, 7) is 0. The number of thiocarbonyl (C=S) groups is 1. The molecule has 3 N–H and O–H groups in total. The van der Waals surface area contributed by atoms with E-state index in [1.165, 1.54) is 6.07 Å². The number of alkyl halides is 6. The van der Waals surface area contributed by atoms with Gasteiger partial charge >= 0.3 is 12.4 Å². The zero-order valence-electron chi connectivity index (χ0n) is 20.5. The van der Waals surface area contributed by atoms with Crippen molar-refractivity contribution in [3.8, 4) is 11.3 Å². The Hall–Kier alpha value is -4.85. The van der Waals surface area contributed by atoms with Crippen LogP contribution in [0.15, 0.2) is 84.9 Å². The van der Waals surface area contributed by atoms with Gasteiger partial charge in [-0.25, -0.2) is 9.97 Å². The first-order valence-corrected chi connectivity index (χ1v) is 12.2. The van der Waals surface area contributed by atoms with E-state index in [0.29, 0.717) is 22.9 Å². The Morgan fingerprint density at radius 1 is 0.659 bits per heavy atom. The molecule has 0 aliphatic carbocycles. The number of hydrogen-bond acceptors (Lipinski definition) is 6. The number of nitrogens with one attached hydrogen (secondary N) is 3. The van der Waals surface area contributed by atoms with Crippen molar-refractivity contribution in [3.63, 3.8) is 0 Å². The molecule has 0 unspecified atom stereocenters. The molecule has 0 saturated heterocycles. The van der Waals surface area contributed by atoms with Crippen LogP contribution in [-0.2, 0) is 12.4 Å². The fraction of sp³-hybridized carbons (Fsp3) is 0.0741. The maximum Gasteiger partial charge on any atom is 0.433 e. The molecule has 3 aromatic heterocycles. The van der Waals surface area contributed by atoms with E-state index in [-0.39, 0.29) is 17.0 Å². The molecule has 0 atom stereocenters. The highest BCUT2D eigenvalue weighted by molar-refractivity contribution is 7.80. The van der Waals surface area contributed by atoms with Crippen molar-refractivity contribution in [2.24, 2.45) is 0 Å². The van der Waals surface area contributed by atoms with Gasteiger partial charge in [0.2, 0.25) is 0 Å². The lowest BCUT2D eigenvalue weighted by Gasteiger charge is -2.16. The summed E-state index contributed by atoms with van der Waals surface area (Å²) in [7, 11) is 0. The van der Waals surface area contributed by atoms with Gasteiger partial charge < -0.3 is 16.0 Å². The van der Waals surface area contributed by atoms with Crippen molar-refractivity contribution in [2.75, 3.05) is 16.0 Å². The van der Waals surface area contributed by atoms with Crippen LogP contribution < -0.4 is 16.0 Å². The molecule has 0 bridgehead atoms. The van der Waals surface area contributed by atoms with Crippen LogP contribution in [0, 0.1) is 0 Å². The molecular weight excluding hydrogens is 568 g/mol. The van der Waals surface area contributed by atoms with Gasteiger partial charge in [0.15, 0.2) is 16.6 Å². The fourth-order valence-corrected chi connectivity index (χ4v) is 4.04.